The molecule has 0 spiro atoms. The predicted octanol–water partition coefficient (Wildman–Crippen LogP) is 2.38. The Kier molecular flexibility index (Phi) is 5.42. The number of carboxylic acid groups (broad SMARTS) is 1. The maximum absolute atomic E-state index is 12.1. The fraction of sp³-hybridized carbons (Fsp3) is 0.250. The highest BCUT2D eigenvalue weighted by Gasteiger charge is 2.23. The molecule has 1 aromatic carbocycles. The topological polar surface area (TPSA) is 83.5 Å². The Hall–Kier alpha value is -1.26. The lowest BCUT2D eigenvalue weighted by atomic mass is 10.2. The van der Waals surface area contributed by atoms with E-state index in [1.807, 2.05) is 0 Å². The first-order valence-corrected chi connectivity index (χ1v) is 7.61. The van der Waals surface area contributed by atoms with Crippen LogP contribution in [0.3, 0.4) is 0 Å². The highest BCUT2D eigenvalue weighted by Crippen LogP contribution is 2.28. The normalized spacial score (nSPS) is 12.7. The van der Waals surface area contributed by atoms with Gasteiger partial charge in [-0.3, -0.25) is 0 Å². The van der Waals surface area contributed by atoms with Crippen LogP contribution in [0, 0.1) is 12.3 Å². The fourth-order valence-electron chi connectivity index (χ4n) is 1.45. The Morgan fingerprint density at radius 2 is 2.05 bits per heavy atom. The van der Waals surface area contributed by atoms with Gasteiger partial charge in [-0.1, -0.05) is 23.2 Å². The van der Waals surface area contributed by atoms with Crippen molar-refractivity contribution in [2.24, 2.45) is 0 Å². The maximum Gasteiger partial charge on any atom is 0.337 e. The molecule has 0 aromatic heterocycles. The van der Waals surface area contributed by atoms with E-state index in [-0.39, 0.29) is 26.9 Å². The van der Waals surface area contributed by atoms with Crippen molar-refractivity contribution in [1.82, 2.24) is 4.72 Å². The number of benzene rings is 1. The molecule has 0 fully saturated rings. The van der Waals surface area contributed by atoms with Crippen LogP contribution in [0.25, 0.3) is 0 Å². The van der Waals surface area contributed by atoms with Crippen LogP contribution in [0.1, 0.15) is 23.7 Å². The van der Waals surface area contributed by atoms with Crippen molar-refractivity contribution >= 4 is 39.2 Å². The third-order valence-electron chi connectivity index (χ3n) is 2.32. The number of aromatic carboxylic acids is 1. The second kappa shape index (κ2) is 6.46. The van der Waals surface area contributed by atoms with E-state index in [2.05, 4.69) is 10.6 Å². The summed E-state index contributed by atoms with van der Waals surface area (Å²) in [5, 5.41) is 8.64. The van der Waals surface area contributed by atoms with Gasteiger partial charge < -0.3 is 5.11 Å². The number of carbonyl (C=O) groups is 1. The minimum Gasteiger partial charge on any atom is -0.478 e. The van der Waals surface area contributed by atoms with Gasteiger partial charge in [-0.25, -0.2) is 17.9 Å². The number of sulfonamides is 1. The number of halogens is 2. The third-order valence-corrected chi connectivity index (χ3v) is 4.69. The van der Waals surface area contributed by atoms with E-state index < -0.39 is 22.0 Å². The molecule has 1 unspecified atom stereocenters. The van der Waals surface area contributed by atoms with Gasteiger partial charge in [0.25, 0.3) is 0 Å². The quantitative estimate of drug-likeness (QED) is 0.809. The van der Waals surface area contributed by atoms with E-state index in [0.29, 0.717) is 0 Å². The molecule has 0 amide bonds. The Balaban J connectivity index is 3.29. The molecule has 0 aliphatic rings. The number of hydrogen-bond donors (Lipinski definition) is 2. The molecule has 1 atom stereocenters. The first kappa shape index (κ1) is 16.8. The Morgan fingerprint density at radius 1 is 1.45 bits per heavy atom. The zero-order chi connectivity index (χ0) is 15.5. The maximum atomic E-state index is 12.1. The smallest absolute Gasteiger partial charge is 0.337 e. The van der Waals surface area contributed by atoms with E-state index in [0.717, 1.165) is 12.1 Å². The van der Waals surface area contributed by atoms with Gasteiger partial charge in [0.05, 0.1) is 15.6 Å². The van der Waals surface area contributed by atoms with E-state index in [9.17, 15) is 13.2 Å². The minimum atomic E-state index is -3.98. The van der Waals surface area contributed by atoms with Crippen LogP contribution < -0.4 is 4.72 Å². The van der Waals surface area contributed by atoms with Crippen LogP contribution in [-0.2, 0) is 10.0 Å². The molecule has 8 heteroatoms. The Morgan fingerprint density at radius 3 is 2.55 bits per heavy atom. The van der Waals surface area contributed by atoms with Crippen LogP contribution in [-0.4, -0.2) is 25.5 Å². The summed E-state index contributed by atoms with van der Waals surface area (Å²) in [6.45, 7) is 1.58. The lowest BCUT2D eigenvalue weighted by molar-refractivity contribution is 0.0697. The summed E-state index contributed by atoms with van der Waals surface area (Å²) in [5.41, 5.74) is -0.346. The summed E-state index contributed by atoms with van der Waals surface area (Å²) in [6, 6.07) is 1.48. The summed E-state index contributed by atoms with van der Waals surface area (Å²) in [5.74, 6) is 0.972. The Bertz CT molecular complexity index is 679. The average molecular weight is 336 g/mol. The van der Waals surface area contributed by atoms with Gasteiger partial charge in [0, 0.05) is 12.5 Å². The standard InChI is InChI=1S/C12H11Cl2NO4S/c1-3-4-7(2)15-20(18,19)11-5-8(12(16)17)9(13)6-10(11)14/h1,5-7,15H,4H2,2H3,(H,16,17). The SMILES string of the molecule is C#CCC(C)NS(=O)(=O)c1cc(C(=O)O)c(Cl)cc1Cl. The molecule has 0 bridgehead atoms. The van der Waals surface area contributed by atoms with Crippen LogP contribution >= 0.6 is 23.2 Å². The molecule has 0 saturated heterocycles. The Labute approximate surface area is 126 Å². The molecular weight excluding hydrogens is 325 g/mol. The zero-order valence-corrected chi connectivity index (χ0v) is 12.7. The number of carboxylic acids is 1. The van der Waals surface area contributed by atoms with Crippen LogP contribution in [0.2, 0.25) is 10.0 Å². The van der Waals surface area contributed by atoms with Crippen molar-refractivity contribution in [1.29, 1.82) is 0 Å². The van der Waals surface area contributed by atoms with Crippen LogP contribution in [0.15, 0.2) is 17.0 Å². The summed E-state index contributed by atoms with van der Waals surface area (Å²) < 4.78 is 26.6. The molecule has 0 aliphatic carbocycles. The summed E-state index contributed by atoms with van der Waals surface area (Å²) in [4.78, 5) is 10.6. The number of rotatable bonds is 5. The molecule has 2 N–H and O–H groups in total. The third kappa shape index (κ3) is 3.87. The molecule has 0 saturated carbocycles. The summed E-state index contributed by atoms with van der Waals surface area (Å²) in [6.07, 6.45) is 5.29. The van der Waals surface area contributed by atoms with Crippen LogP contribution in [0.5, 0.6) is 0 Å². The molecule has 0 radical (unpaired) electrons. The molecular formula is C12H11Cl2NO4S. The van der Waals surface area contributed by atoms with E-state index >= 15 is 0 Å². The van der Waals surface area contributed by atoms with Crippen LogP contribution in [0.4, 0.5) is 0 Å². The molecule has 0 heterocycles. The van der Waals surface area contributed by atoms with Gasteiger partial charge in [-0.05, 0) is 19.1 Å². The average Bonchev–Trinajstić information content (AvgIpc) is 2.27. The van der Waals surface area contributed by atoms with Crippen molar-refractivity contribution in [2.75, 3.05) is 0 Å². The molecule has 1 rings (SSSR count). The molecule has 1 aromatic rings. The fourth-order valence-corrected chi connectivity index (χ4v) is 3.54. The van der Waals surface area contributed by atoms with Crippen molar-refractivity contribution in [3.05, 3.63) is 27.7 Å². The highest BCUT2D eigenvalue weighted by molar-refractivity contribution is 7.89. The van der Waals surface area contributed by atoms with Crippen molar-refractivity contribution in [3.63, 3.8) is 0 Å². The summed E-state index contributed by atoms with van der Waals surface area (Å²) in [7, 11) is -3.98. The van der Waals surface area contributed by atoms with E-state index in [1.54, 1.807) is 6.92 Å². The summed E-state index contributed by atoms with van der Waals surface area (Å²) >= 11 is 11.5. The van der Waals surface area contributed by atoms with Gasteiger partial charge in [0.2, 0.25) is 10.0 Å². The molecule has 5 nitrogen and oxygen atoms in total. The second-order valence-corrected chi connectivity index (χ2v) is 6.50. The highest BCUT2D eigenvalue weighted by atomic mass is 35.5. The molecule has 20 heavy (non-hydrogen) atoms. The second-order valence-electron chi connectivity index (χ2n) is 4.00. The molecule has 0 aliphatic heterocycles. The van der Waals surface area contributed by atoms with E-state index in [4.69, 9.17) is 34.7 Å². The number of hydrogen-bond acceptors (Lipinski definition) is 3. The van der Waals surface area contributed by atoms with Crippen molar-refractivity contribution < 1.29 is 18.3 Å². The van der Waals surface area contributed by atoms with Crippen molar-refractivity contribution in [3.8, 4) is 12.3 Å². The first-order valence-electron chi connectivity index (χ1n) is 5.37. The predicted molar refractivity (Wildman–Crippen MR) is 76.7 cm³/mol. The largest absolute Gasteiger partial charge is 0.478 e. The monoisotopic (exact) mass is 335 g/mol. The number of terminal acetylenes is 1. The molecule has 108 valence electrons. The van der Waals surface area contributed by atoms with Gasteiger partial charge in [0.15, 0.2) is 0 Å². The first-order chi connectivity index (χ1) is 9.19. The zero-order valence-electron chi connectivity index (χ0n) is 10.4. The number of nitrogens with one attached hydrogen (secondary N) is 1. The lowest BCUT2D eigenvalue weighted by Crippen LogP contribution is -2.32. The minimum absolute atomic E-state index is 0.141. The van der Waals surface area contributed by atoms with E-state index in [1.165, 1.54) is 0 Å². The van der Waals surface area contributed by atoms with Gasteiger partial charge in [-0.15, -0.1) is 12.3 Å². The van der Waals surface area contributed by atoms with Gasteiger partial charge in [-0.2, -0.15) is 0 Å². The lowest BCUT2D eigenvalue weighted by Gasteiger charge is -2.13. The van der Waals surface area contributed by atoms with Crippen molar-refractivity contribution in [2.45, 2.75) is 24.3 Å². The van der Waals surface area contributed by atoms with Gasteiger partial charge >= 0.3 is 5.97 Å². The van der Waals surface area contributed by atoms with Gasteiger partial charge in [0.1, 0.15) is 4.90 Å².